The van der Waals surface area contributed by atoms with E-state index in [1.54, 1.807) is 6.26 Å². The predicted octanol–water partition coefficient (Wildman–Crippen LogP) is 4.57. The van der Waals surface area contributed by atoms with Crippen LogP contribution in [0.4, 0.5) is 5.69 Å². The number of anilines is 1. The van der Waals surface area contributed by atoms with Gasteiger partial charge in [0.15, 0.2) is 10.9 Å². The molecule has 0 unspecified atom stereocenters. The third kappa shape index (κ3) is 3.84. The van der Waals surface area contributed by atoms with E-state index in [-0.39, 0.29) is 11.7 Å². The van der Waals surface area contributed by atoms with Crippen LogP contribution in [0, 0.1) is 6.92 Å². The van der Waals surface area contributed by atoms with Crippen LogP contribution in [-0.4, -0.2) is 26.4 Å². The molecule has 0 atom stereocenters. The zero-order chi connectivity index (χ0) is 19.3. The summed E-state index contributed by atoms with van der Waals surface area (Å²) in [7, 11) is 0. The Hall–Kier alpha value is -3.32. The van der Waals surface area contributed by atoms with Crippen LogP contribution in [0.25, 0.3) is 17.3 Å². The Morgan fingerprint density at radius 3 is 2.57 bits per heavy atom. The highest BCUT2D eigenvalue weighted by Gasteiger charge is 2.18. The van der Waals surface area contributed by atoms with E-state index in [4.69, 9.17) is 4.42 Å². The zero-order valence-corrected chi connectivity index (χ0v) is 16.0. The van der Waals surface area contributed by atoms with E-state index in [9.17, 15) is 4.79 Å². The number of para-hydroxylation sites is 2. The maximum Gasteiger partial charge on any atom is 0.234 e. The molecule has 0 fully saturated rings. The van der Waals surface area contributed by atoms with E-state index >= 15 is 0 Å². The summed E-state index contributed by atoms with van der Waals surface area (Å²) in [6, 6.07) is 21.1. The smallest absolute Gasteiger partial charge is 0.234 e. The van der Waals surface area contributed by atoms with Crippen LogP contribution in [0.2, 0.25) is 0 Å². The van der Waals surface area contributed by atoms with Crippen molar-refractivity contribution in [1.29, 1.82) is 0 Å². The van der Waals surface area contributed by atoms with E-state index in [1.807, 2.05) is 78.2 Å². The SMILES string of the molecule is Cc1ccccc1NC(=O)CSc1nnc(-c2ccco2)n1-c1ccccc1. The lowest BCUT2D eigenvalue weighted by Crippen LogP contribution is -2.15. The molecule has 7 heteroatoms. The Kier molecular flexibility index (Phi) is 5.25. The Morgan fingerprint density at radius 2 is 1.82 bits per heavy atom. The summed E-state index contributed by atoms with van der Waals surface area (Å²) in [6.07, 6.45) is 1.60. The second kappa shape index (κ2) is 8.14. The molecule has 1 N–H and O–H groups in total. The molecular weight excluding hydrogens is 372 g/mol. The van der Waals surface area contributed by atoms with Crippen molar-refractivity contribution in [2.75, 3.05) is 11.1 Å². The molecular formula is C21H18N4O2S. The minimum Gasteiger partial charge on any atom is -0.461 e. The maximum absolute atomic E-state index is 12.4. The van der Waals surface area contributed by atoms with Gasteiger partial charge >= 0.3 is 0 Å². The van der Waals surface area contributed by atoms with E-state index < -0.39 is 0 Å². The molecule has 1 amide bonds. The Labute approximate surface area is 166 Å². The van der Waals surface area contributed by atoms with Crippen molar-refractivity contribution < 1.29 is 9.21 Å². The van der Waals surface area contributed by atoms with Crippen molar-refractivity contribution in [3.63, 3.8) is 0 Å². The third-order valence-corrected chi connectivity index (χ3v) is 5.07. The Morgan fingerprint density at radius 1 is 1.04 bits per heavy atom. The normalized spacial score (nSPS) is 10.8. The van der Waals surface area contributed by atoms with Crippen molar-refractivity contribution >= 4 is 23.4 Å². The fraction of sp³-hybridized carbons (Fsp3) is 0.0952. The Balaban J connectivity index is 1.56. The molecule has 4 aromatic rings. The summed E-state index contributed by atoms with van der Waals surface area (Å²) in [5.41, 5.74) is 2.74. The van der Waals surface area contributed by atoms with Gasteiger partial charge in [-0.3, -0.25) is 9.36 Å². The van der Waals surface area contributed by atoms with Crippen molar-refractivity contribution in [3.8, 4) is 17.3 Å². The standard InChI is InChI=1S/C21H18N4O2S/c1-15-8-5-6-11-17(15)22-19(26)14-28-21-24-23-20(18-12-7-13-27-18)25(21)16-9-3-2-4-10-16/h2-13H,14H2,1H3,(H,22,26). The van der Waals surface area contributed by atoms with Gasteiger partial charge in [0.2, 0.25) is 11.7 Å². The van der Waals surface area contributed by atoms with Crippen LogP contribution in [0.15, 0.2) is 82.6 Å². The molecule has 2 aromatic heterocycles. The fourth-order valence-corrected chi connectivity index (χ4v) is 3.52. The topological polar surface area (TPSA) is 73.0 Å². The highest BCUT2D eigenvalue weighted by atomic mass is 32.2. The number of thioether (sulfide) groups is 1. The van der Waals surface area contributed by atoms with Gasteiger partial charge in [0.05, 0.1) is 12.0 Å². The summed E-state index contributed by atoms with van der Waals surface area (Å²) in [5.74, 6) is 1.34. The lowest BCUT2D eigenvalue weighted by molar-refractivity contribution is -0.113. The van der Waals surface area contributed by atoms with Crippen molar-refractivity contribution in [2.45, 2.75) is 12.1 Å². The van der Waals surface area contributed by atoms with Gasteiger partial charge < -0.3 is 9.73 Å². The first-order chi connectivity index (χ1) is 13.7. The van der Waals surface area contributed by atoms with Gasteiger partial charge in [-0.25, -0.2) is 0 Å². The molecule has 4 rings (SSSR count). The first-order valence-corrected chi connectivity index (χ1v) is 9.74. The average Bonchev–Trinajstić information content (AvgIpc) is 3.38. The monoisotopic (exact) mass is 390 g/mol. The molecule has 140 valence electrons. The van der Waals surface area contributed by atoms with Crippen LogP contribution in [0.1, 0.15) is 5.56 Å². The first-order valence-electron chi connectivity index (χ1n) is 8.75. The van der Waals surface area contributed by atoms with Gasteiger partial charge in [0, 0.05) is 11.4 Å². The van der Waals surface area contributed by atoms with E-state index in [2.05, 4.69) is 15.5 Å². The predicted molar refractivity (Wildman–Crippen MR) is 110 cm³/mol. The summed E-state index contributed by atoms with van der Waals surface area (Å²) >= 11 is 1.33. The number of amides is 1. The van der Waals surface area contributed by atoms with Crippen molar-refractivity contribution in [2.24, 2.45) is 0 Å². The number of hydrogen-bond donors (Lipinski definition) is 1. The quantitative estimate of drug-likeness (QED) is 0.488. The molecule has 0 aliphatic rings. The minimum absolute atomic E-state index is 0.0959. The van der Waals surface area contributed by atoms with Crippen molar-refractivity contribution in [3.05, 3.63) is 78.6 Å². The molecule has 2 aromatic carbocycles. The number of nitrogens with one attached hydrogen (secondary N) is 1. The van der Waals surface area contributed by atoms with Crippen LogP contribution < -0.4 is 5.32 Å². The average molecular weight is 390 g/mol. The summed E-state index contributed by atoms with van der Waals surface area (Å²) in [5, 5.41) is 12.1. The highest BCUT2D eigenvalue weighted by molar-refractivity contribution is 7.99. The molecule has 0 aliphatic heterocycles. The molecule has 0 spiro atoms. The number of furan rings is 1. The summed E-state index contributed by atoms with van der Waals surface area (Å²) in [4.78, 5) is 12.4. The van der Waals surface area contributed by atoms with Gasteiger partial charge in [0.1, 0.15) is 0 Å². The van der Waals surface area contributed by atoms with Crippen molar-refractivity contribution in [1.82, 2.24) is 14.8 Å². The van der Waals surface area contributed by atoms with E-state index in [0.717, 1.165) is 16.9 Å². The zero-order valence-electron chi connectivity index (χ0n) is 15.2. The fourth-order valence-electron chi connectivity index (χ4n) is 2.77. The van der Waals surface area contributed by atoms with E-state index in [1.165, 1.54) is 11.8 Å². The first kappa shape index (κ1) is 18.1. The van der Waals surface area contributed by atoms with Crippen LogP contribution >= 0.6 is 11.8 Å². The van der Waals surface area contributed by atoms with Crippen LogP contribution in [0.5, 0.6) is 0 Å². The maximum atomic E-state index is 12.4. The van der Waals surface area contributed by atoms with Gasteiger partial charge in [-0.15, -0.1) is 10.2 Å². The molecule has 2 heterocycles. The molecule has 0 saturated carbocycles. The summed E-state index contributed by atoms with van der Waals surface area (Å²) in [6.45, 7) is 1.96. The number of aromatic nitrogens is 3. The van der Waals surface area contributed by atoms with Gasteiger partial charge in [-0.2, -0.15) is 0 Å². The number of nitrogens with zero attached hydrogens (tertiary/aromatic N) is 3. The molecule has 6 nitrogen and oxygen atoms in total. The lowest BCUT2D eigenvalue weighted by Gasteiger charge is -2.10. The highest BCUT2D eigenvalue weighted by Crippen LogP contribution is 2.28. The molecule has 0 saturated heterocycles. The second-order valence-corrected chi connectivity index (χ2v) is 7.05. The van der Waals surface area contributed by atoms with Gasteiger partial charge in [-0.05, 0) is 42.8 Å². The number of rotatable bonds is 6. The number of carbonyl (C=O) groups is 1. The Bertz CT molecular complexity index is 1080. The molecule has 0 radical (unpaired) electrons. The third-order valence-electron chi connectivity index (χ3n) is 4.14. The largest absolute Gasteiger partial charge is 0.461 e. The van der Waals surface area contributed by atoms with Crippen LogP contribution in [-0.2, 0) is 4.79 Å². The summed E-state index contributed by atoms with van der Waals surface area (Å²) < 4.78 is 7.39. The number of hydrogen-bond acceptors (Lipinski definition) is 5. The van der Waals surface area contributed by atoms with Gasteiger partial charge in [0.25, 0.3) is 0 Å². The number of benzene rings is 2. The van der Waals surface area contributed by atoms with Crippen LogP contribution in [0.3, 0.4) is 0 Å². The van der Waals surface area contributed by atoms with E-state index in [0.29, 0.717) is 16.7 Å². The van der Waals surface area contributed by atoms with Gasteiger partial charge in [-0.1, -0.05) is 48.2 Å². The number of aryl methyl sites for hydroxylation is 1. The molecule has 0 bridgehead atoms. The molecule has 0 aliphatic carbocycles. The lowest BCUT2D eigenvalue weighted by atomic mass is 10.2. The second-order valence-electron chi connectivity index (χ2n) is 6.11. The molecule has 28 heavy (non-hydrogen) atoms. The number of carbonyl (C=O) groups excluding carboxylic acids is 1. The minimum atomic E-state index is -0.0959.